The van der Waals surface area contributed by atoms with E-state index in [1.54, 1.807) is 14.2 Å². The van der Waals surface area contributed by atoms with Gasteiger partial charge in [0.15, 0.2) is 0 Å². The predicted molar refractivity (Wildman–Crippen MR) is 127 cm³/mol. The van der Waals surface area contributed by atoms with E-state index in [1.165, 1.54) is 10.9 Å². The van der Waals surface area contributed by atoms with Crippen molar-refractivity contribution in [3.05, 3.63) is 29.7 Å². The van der Waals surface area contributed by atoms with Crippen molar-refractivity contribution in [3.63, 3.8) is 0 Å². The Morgan fingerprint density at radius 2 is 2.15 bits per heavy atom. The van der Waals surface area contributed by atoms with Crippen LogP contribution in [-0.2, 0) is 32.0 Å². The van der Waals surface area contributed by atoms with Gasteiger partial charge in [0.2, 0.25) is 0 Å². The van der Waals surface area contributed by atoms with Crippen molar-refractivity contribution in [1.29, 1.82) is 0 Å². The van der Waals surface area contributed by atoms with Crippen LogP contribution in [0, 0.1) is 0 Å². The normalized spacial score (nSPS) is 21.9. The number of methoxy groups -OCH3 is 2. The second kappa shape index (κ2) is 11.0. The first-order chi connectivity index (χ1) is 16.1. The number of nitrogens with zero attached hydrogens (tertiary/aromatic N) is 3. The van der Waals surface area contributed by atoms with E-state index in [0.717, 1.165) is 50.2 Å². The van der Waals surface area contributed by atoms with Crippen LogP contribution in [0.4, 0.5) is 0 Å². The average Bonchev–Trinajstić information content (AvgIpc) is 3.58. The van der Waals surface area contributed by atoms with Crippen LogP contribution >= 0.6 is 0 Å². The fourth-order valence-corrected chi connectivity index (χ4v) is 4.82. The molecule has 1 aliphatic carbocycles. The Labute approximate surface area is 196 Å². The number of hydrogen-bond donors (Lipinski definition) is 1. The summed E-state index contributed by atoms with van der Waals surface area (Å²) >= 11 is 0. The molecular weight excluding hydrogens is 420 g/mol. The Bertz CT molecular complexity index is 940. The highest BCUT2D eigenvalue weighted by atomic mass is 16.5. The van der Waals surface area contributed by atoms with Crippen molar-refractivity contribution < 1.29 is 19.0 Å². The van der Waals surface area contributed by atoms with E-state index < -0.39 is 6.10 Å². The van der Waals surface area contributed by atoms with Crippen LogP contribution in [0.2, 0.25) is 0 Å². The minimum atomic E-state index is -0.491. The van der Waals surface area contributed by atoms with Crippen LogP contribution in [0.15, 0.2) is 18.3 Å². The molecule has 8 heteroatoms. The zero-order valence-corrected chi connectivity index (χ0v) is 20.4. The molecule has 182 valence electrons. The van der Waals surface area contributed by atoms with E-state index in [1.807, 2.05) is 4.90 Å². The standard InChI is InChI=1S/C25H38N4O4/c1-5-21-20-9-11-28(10-6-12-31-3)23(20)13-22(27-21)17(2)29(18-7-8-18)25(30)24-15-26-14-19(33-24)16-32-4/h9,11,13,17-19,24,26H,5-8,10,12,14-16H2,1-4H3/t17-,19+,24-/m1/s1. The molecule has 0 radical (unpaired) electrons. The summed E-state index contributed by atoms with van der Waals surface area (Å²) in [5, 5.41) is 4.52. The topological polar surface area (TPSA) is 77.9 Å². The van der Waals surface area contributed by atoms with Crippen molar-refractivity contribution in [2.75, 3.05) is 40.5 Å². The third kappa shape index (κ3) is 5.40. The molecule has 2 aliphatic rings. The van der Waals surface area contributed by atoms with Gasteiger partial charge in [-0.25, -0.2) is 0 Å². The monoisotopic (exact) mass is 458 g/mol. The van der Waals surface area contributed by atoms with Crippen molar-refractivity contribution in [2.24, 2.45) is 0 Å². The summed E-state index contributed by atoms with van der Waals surface area (Å²) in [5.74, 6) is 0.0497. The lowest BCUT2D eigenvalue weighted by Crippen LogP contribution is -2.54. The summed E-state index contributed by atoms with van der Waals surface area (Å²) in [5.41, 5.74) is 3.21. The molecule has 1 amide bonds. The number of ether oxygens (including phenoxy) is 3. The maximum atomic E-state index is 13.6. The number of aryl methyl sites for hydroxylation is 2. The summed E-state index contributed by atoms with van der Waals surface area (Å²) in [4.78, 5) is 20.7. The molecule has 0 spiro atoms. The second-order valence-electron chi connectivity index (χ2n) is 9.15. The minimum absolute atomic E-state index is 0.0497. The van der Waals surface area contributed by atoms with Gasteiger partial charge in [-0.15, -0.1) is 0 Å². The highest BCUT2D eigenvalue weighted by Gasteiger charge is 2.41. The van der Waals surface area contributed by atoms with Crippen LogP contribution < -0.4 is 5.32 Å². The SMILES string of the molecule is CCc1nc([C@@H](C)N(C(=O)[C@H]2CNC[C@@H](COC)O2)C2CC2)cc2c1ccn2CCCOC. The molecule has 2 fully saturated rings. The van der Waals surface area contributed by atoms with Crippen LogP contribution in [0.1, 0.15) is 50.5 Å². The van der Waals surface area contributed by atoms with Crippen LogP contribution in [0.25, 0.3) is 10.9 Å². The van der Waals surface area contributed by atoms with E-state index >= 15 is 0 Å². The van der Waals surface area contributed by atoms with Crippen molar-refractivity contribution in [3.8, 4) is 0 Å². The third-order valence-electron chi connectivity index (χ3n) is 6.67. The highest BCUT2D eigenvalue weighted by molar-refractivity contribution is 5.84. The van der Waals surface area contributed by atoms with E-state index in [-0.39, 0.29) is 24.1 Å². The van der Waals surface area contributed by atoms with Crippen LogP contribution in [-0.4, -0.2) is 79.1 Å². The van der Waals surface area contributed by atoms with Crippen molar-refractivity contribution in [1.82, 2.24) is 19.8 Å². The maximum Gasteiger partial charge on any atom is 0.253 e. The number of fused-ring (bicyclic) bond motifs is 1. The molecule has 2 aromatic heterocycles. The smallest absolute Gasteiger partial charge is 0.253 e. The Morgan fingerprint density at radius 1 is 1.33 bits per heavy atom. The molecule has 4 rings (SSSR count). The Balaban J connectivity index is 1.60. The van der Waals surface area contributed by atoms with Gasteiger partial charge in [0.25, 0.3) is 5.91 Å². The number of morpholine rings is 1. The molecule has 0 aromatic carbocycles. The zero-order chi connectivity index (χ0) is 23.4. The predicted octanol–water partition coefficient (Wildman–Crippen LogP) is 2.69. The first-order valence-corrected chi connectivity index (χ1v) is 12.2. The van der Waals surface area contributed by atoms with Gasteiger partial charge in [-0.05, 0) is 44.7 Å². The molecule has 3 atom stereocenters. The number of amides is 1. The number of nitrogens with one attached hydrogen (secondary N) is 1. The molecule has 1 saturated carbocycles. The molecule has 2 aromatic rings. The summed E-state index contributed by atoms with van der Waals surface area (Å²) in [6.07, 6.45) is 5.42. The van der Waals surface area contributed by atoms with Gasteiger partial charge < -0.3 is 29.0 Å². The van der Waals surface area contributed by atoms with Gasteiger partial charge in [0.1, 0.15) is 6.10 Å². The number of pyridine rings is 1. The Hall–Kier alpha value is -2.00. The molecule has 3 heterocycles. The fraction of sp³-hybridized carbons (Fsp3) is 0.680. The molecule has 33 heavy (non-hydrogen) atoms. The van der Waals surface area contributed by atoms with Crippen molar-refractivity contribution in [2.45, 2.75) is 70.4 Å². The van der Waals surface area contributed by atoms with Gasteiger partial charge in [-0.1, -0.05) is 6.92 Å². The molecule has 8 nitrogen and oxygen atoms in total. The molecule has 1 aliphatic heterocycles. The Kier molecular flexibility index (Phi) is 8.01. The maximum absolute atomic E-state index is 13.6. The fourth-order valence-electron chi connectivity index (χ4n) is 4.82. The van der Waals surface area contributed by atoms with Crippen LogP contribution in [0.5, 0.6) is 0 Å². The largest absolute Gasteiger partial charge is 0.385 e. The van der Waals surface area contributed by atoms with Gasteiger partial charge in [-0.2, -0.15) is 0 Å². The third-order valence-corrected chi connectivity index (χ3v) is 6.67. The first-order valence-electron chi connectivity index (χ1n) is 12.2. The van der Waals surface area contributed by atoms with E-state index in [2.05, 4.69) is 42.1 Å². The quantitative estimate of drug-likeness (QED) is 0.522. The summed E-state index contributed by atoms with van der Waals surface area (Å²) in [6, 6.07) is 4.47. The number of carbonyl (C=O) groups is 1. The van der Waals surface area contributed by atoms with E-state index in [0.29, 0.717) is 19.7 Å². The second-order valence-corrected chi connectivity index (χ2v) is 9.15. The lowest BCUT2D eigenvalue weighted by atomic mass is 10.1. The summed E-state index contributed by atoms with van der Waals surface area (Å²) < 4.78 is 18.8. The summed E-state index contributed by atoms with van der Waals surface area (Å²) in [6.45, 7) is 7.58. The van der Waals surface area contributed by atoms with Crippen molar-refractivity contribution >= 4 is 16.8 Å². The van der Waals surface area contributed by atoms with Crippen LogP contribution in [0.3, 0.4) is 0 Å². The lowest BCUT2D eigenvalue weighted by molar-refractivity contribution is -0.156. The number of carbonyl (C=O) groups excluding carboxylic acids is 1. The molecule has 1 saturated heterocycles. The highest BCUT2D eigenvalue weighted by Crippen LogP contribution is 2.36. The summed E-state index contributed by atoms with van der Waals surface area (Å²) in [7, 11) is 3.39. The Morgan fingerprint density at radius 3 is 2.85 bits per heavy atom. The van der Waals surface area contributed by atoms with Gasteiger partial charge in [0, 0.05) is 63.8 Å². The number of aromatic nitrogens is 2. The number of hydrogen-bond acceptors (Lipinski definition) is 6. The molecule has 0 unspecified atom stereocenters. The average molecular weight is 459 g/mol. The van der Waals surface area contributed by atoms with E-state index in [4.69, 9.17) is 19.2 Å². The molecular formula is C25H38N4O4. The zero-order valence-electron chi connectivity index (χ0n) is 20.4. The van der Waals surface area contributed by atoms with E-state index in [9.17, 15) is 4.79 Å². The number of rotatable bonds is 11. The van der Waals surface area contributed by atoms with Gasteiger partial charge >= 0.3 is 0 Å². The molecule has 1 N–H and O–H groups in total. The lowest BCUT2D eigenvalue weighted by Gasteiger charge is -2.36. The van der Waals surface area contributed by atoms with Gasteiger partial charge in [-0.3, -0.25) is 9.78 Å². The minimum Gasteiger partial charge on any atom is -0.385 e. The first kappa shape index (κ1) is 24.1. The molecule has 0 bridgehead atoms. The van der Waals surface area contributed by atoms with Gasteiger partial charge in [0.05, 0.1) is 30.0 Å².